The molecule has 1 aliphatic carbocycles. The molecular weight excluding hydrogens is 296 g/mol. The fourth-order valence-electron chi connectivity index (χ4n) is 4.09. The summed E-state index contributed by atoms with van der Waals surface area (Å²) in [5.41, 5.74) is 5.52. The molecule has 0 atom stereocenters. The Hall–Kier alpha value is -2.55. The largest absolute Gasteiger partial charge is 0.497 e. The van der Waals surface area contributed by atoms with E-state index >= 15 is 0 Å². The van der Waals surface area contributed by atoms with Crippen molar-refractivity contribution in [2.75, 3.05) is 20.2 Å². The molecule has 1 fully saturated rings. The van der Waals surface area contributed by atoms with Gasteiger partial charge in [0, 0.05) is 23.2 Å². The Morgan fingerprint density at radius 2 is 1.83 bits per heavy atom. The second-order valence-corrected chi connectivity index (χ2v) is 6.78. The lowest BCUT2D eigenvalue weighted by atomic mass is 9.87. The van der Waals surface area contributed by atoms with E-state index < -0.39 is 0 Å². The number of allylic oxidation sites excluding steroid dienone is 1. The van der Waals surface area contributed by atoms with Gasteiger partial charge in [0.1, 0.15) is 11.6 Å². The first-order chi connectivity index (χ1) is 11.8. The predicted molar refractivity (Wildman–Crippen MR) is 96.4 cm³/mol. The summed E-state index contributed by atoms with van der Waals surface area (Å²) >= 11 is 0. The van der Waals surface area contributed by atoms with E-state index in [2.05, 4.69) is 59.5 Å². The number of methoxy groups -OCH3 is 1. The van der Waals surface area contributed by atoms with Gasteiger partial charge in [-0.3, -0.25) is 4.99 Å². The first-order valence-electron chi connectivity index (χ1n) is 8.60. The van der Waals surface area contributed by atoms with E-state index in [0.717, 1.165) is 24.7 Å². The van der Waals surface area contributed by atoms with Crippen molar-refractivity contribution in [1.82, 2.24) is 4.90 Å². The summed E-state index contributed by atoms with van der Waals surface area (Å²) in [6, 6.07) is 17.2. The van der Waals surface area contributed by atoms with Gasteiger partial charge in [-0.1, -0.05) is 36.4 Å². The van der Waals surface area contributed by atoms with Crippen LogP contribution in [0.1, 0.15) is 29.5 Å². The topological polar surface area (TPSA) is 24.8 Å². The third kappa shape index (κ3) is 1.87. The van der Waals surface area contributed by atoms with Crippen molar-refractivity contribution in [3.05, 3.63) is 70.9 Å². The zero-order valence-corrected chi connectivity index (χ0v) is 13.8. The lowest BCUT2D eigenvalue weighted by molar-refractivity contribution is 0.414. The van der Waals surface area contributed by atoms with Gasteiger partial charge in [0.25, 0.3) is 0 Å². The molecule has 0 radical (unpaired) electrons. The maximum absolute atomic E-state index is 5.32. The van der Waals surface area contributed by atoms with Crippen molar-refractivity contribution < 1.29 is 4.74 Å². The minimum Gasteiger partial charge on any atom is -0.497 e. The minimum absolute atomic E-state index is 0.144. The summed E-state index contributed by atoms with van der Waals surface area (Å²) in [7, 11) is 1.72. The van der Waals surface area contributed by atoms with Gasteiger partial charge in [0.15, 0.2) is 0 Å². The van der Waals surface area contributed by atoms with Gasteiger partial charge < -0.3 is 9.64 Å². The van der Waals surface area contributed by atoms with Gasteiger partial charge in [0.2, 0.25) is 0 Å². The van der Waals surface area contributed by atoms with Gasteiger partial charge in [-0.25, -0.2) is 0 Å². The molecule has 0 spiro atoms. The van der Waals surface area contributed by atoms with Crippen molar-refractivity contribution in [2.45, 2.75) is 18.3 Å². The number of hydrogen-bond donors (Lipinski definition) is 0. The van der Waals surface area contributed by atoms with Gasteiger partial charge >= 0.3 is 0 Å². The van der Waals surface area contributed by atoms with Crippen LogP contribution in [0.25, 0.3) is 6.08 Å². The highest BCUT2D eigenvalue weighted by molar-refractivity contribution is 6.06. The molecule has 0 amide bonds. The van der Waals surface area contributed by atoms with Crippen molar-refractivity contribution in [2.24, 2.45) is 4.99 Å². The highest BCUT2D eigenvalue weighted by atomic mass is 16.5. The maximum atomic E-state index is 5.32. The van der Waals surface area contributed by atoms with Gasteiger partial charge in [-0.2, -0.15) is 0 Å². The number of hydrogen-bond acceptors (Lipinski definition) is 3. The molecule has 3 aliphatic rings. The number of ether oxygens (including phenoxy) is 1. The van der Waals surface area contributed by atoms with Crippen molar-refractivity contribution >= 4 is 11.9 Å². The third-order valence-corrected chi connectivity index (χ3v) is 5.51. The van der Waals surface area contributed by atoms with E-state index in [9.17, 15) is 0 Å². The number of rotatable bonds is 3. The first kappa shape index (κ1) is 13.8. The fourth-order valence-corrected chi connectivity index (χ4v) is 4.09. The van der Waals surface area contributed by atoms with Gasteiger partial charge in [0.05, 0.1) is 13.7 Å². The number of aliphatic imine (C=N–C) groups is 1. The SMILES string of the molecule is COc1ccc(C2(C3=Cc4ccccc4C4=NCCN34)CC2)cc1. The molecule has 2 aromatic rings. The zero-order valence-electron chi connectivity index (χ0n) is 13.8. The van der Waals surface area contributed by atoms with E-state index in [4.69, 9.17) is 9.73 Å². The van der Waals surface area contributed by atoms with E-state index in [1.807, 2.05) is 0 Å². The second kappa shape index (κ2) is 4.97. The second-order valence-electron chi connectivity index (χ2n) is 6.78. The molecule has 3 nitrogen and oxygen atoms in total. The van der Waals surface area contributed by atoms with E-state index in [1.54, 1.807) is 7.11 Å². The monoisotopic (exact) mass is 316 g/mol. The number of nitrogens with zero attached hydrogens (tertiary/aromatic N) is 2. The number of amidine groups is 1. The quantitative estimate of drug-likeness (QED) is 0.859. The van der Waals surface area contributed by atoms with Crippen LogP contribution in [0, 0.1) is 0 Å². The fraction of sp³-hybridized carbons (Fsp3) is 0.286. The van der Waals surface area contributed by atoms with Crippen LogP contribution in [0.4, 0.5) is 0 Å². The van der Waals surface area contributed by atoms with Crippen molar-refractivity contribution in [3.8, 4) is 5.75 Å². The zero-order chi connectivity index (χ0) is 16.1. The molecule has 120 valence electrons. The summed E-state index contributed by atoms with van der Waals surface area (Å²) in [6.07, 6.45) is 4.80. The number of fused-ring (bicyclic) bond motifs is 3. The average Bonchev–Trinajstić information content (AvgIpc) is 3.30. The highest BCUT2D eigenvalue weighted by Crippen LogP contribution is 2.56. The molecule has 0 N–H and O–H groups in total. The molecule has 2 heterocycles. The van der Waals surface area contributed by atoms with Crippen molar-refractivity contribution in [1.29, 1.82) is 0 Å². The summed E-state index contributed by atoms with van der Waals surface area (Å²) < 4.78 is 5.32. The summed E-state index contributed by atoms with van der Waals surface area (Å²) in [5.74, 6) is 2.07. The van der Waals surface area contributed by atoms with E-state index in [-0.39, 0.29) is 5.41 Å². The average molecular weight is 316 g/mol. The van der Waals surface area contributed by atoms with Crippen LogP contribution in [0.3, 0.4) is 0 Å². The molecule has 0 saturated heterocycles. The Morgan fingerprint density at radius 1 is 1.04 bits per heavy atom. The third-order valence-electron chi connectivity index (χ3n) is 5.51. The molecule has 2 aromatic carbocycles. The molecule has 0 aromatic heterocycles. The molecule has 2 aliphatic heterocycles. The summed E-state index contributed by atoms with van der Waals surface area (Å²) in [4.78, 5) is 7.24. The minimum atomic E-state index is 0.144. The molecule has 5 rings (SSSR count). The Balaban J connectivity index is 1.63. The predicted octanol–water partition coefficient (Wildman–Crippen LogP) is 3.84. The van der Waals surface area contributed by atoms with Crippen LogP contribution in [-0.4, -0.2) is 30.9 Å². The van der Waals surface area contributed by atoms with Gasteiger partial charge in [-0.15, -0.1) is 0 Å². The van der Waals surface area contributed by atoms with Crippen LogP contribution >= 0.6 is 0 Å². The Morgan fingerprint density at radius 3 is 2.58 bits per heavy atom. The molecule has 3 heteroatoms. The molecular formula is C21H20N2O. The lowest BCUT2D eigenvalue weighted by Crippen LogP contribution is -2.36. The Bertz CT molecular complexity index is 860. The van der Waals surface area contributed by atoms with Gasteiger partial charge in [-0.05, 0) is 42.2 Å². The lowest BCUT2D eigenvalue weighted by Gasteiger charge is -2.34. The molecule has 0 unspecified atom stereocenters. The first-order valence-corrected chi connectivity index (χ1v) is 8.60. The molecule has 1 saturated carbocycles. The van der Waals surface area contributed by atoms with E-state index in [0.29, 0.717) is 0 Å². The summed E-state index contributed by atoms with van der Waals surface area (Å²) in [6.45, 7) is 1.88. The van der Waals surface area contributed by atoms with Crippen LogP contribution in [0.2, 0.25) is 0 Å². The maximum Gasteiger partial charge on any atom is 0.135 e. The smallest absolute Gasteiger partial charge is 0.135 e. The molecule has 0 bridgehead atoms. The standard InChI is InChI=1S/C21H20N2O/c1-24-17-8-6-16(7-9-17)21(10-11-21)19-14-15-4-2-3-5-18(15)20-22-12-13-23(19)20/h2-9,14H,10-13H2,1H3. The summed E-state index contributed by atoms with van der Waals surface area (Å²) in [5, 5.41) is 0. The molecule has 24 heavy (non-hydrogen) atoms. The highest BCUT2D eigenvalue weighted by Gasteiger charge is 2.51. The van der Waals surface area contributed by atoms with E-state index in [1.165, 1.54) is 35.2 Å². The Kier molecular flexibility index (Phi) is 2.87. The van der Waals surface area contributed by atoms with Crippen LogP contribution in [-0.2, 0) is 5.41 Å². The van der Waals surface area contributed by atoms with Crippen LogP contribution in [0.15, 0.2) is 59.2 Å². The van der Waals surface area contributed by atoms with Crippen LogP contribution < -0.4 is 4.74 Å². The van der Waals surface area contributed by atoms with Crippen LogP contribution in [0.5, 0.6) is 5.75 Å². The number of benzene rings is 2. The Labute approximate surface area is 142 Å². The normalized spacial score (nSPS) is 20.0. The van der Waals surface area contributed by atoms with Crippen molar-refractivity contribution in [3.63, 3.8) is 0 Å².